The molecule has 2 nitrogen and oxygen atoms in total. The van der Waals surface area contributed by atoms with E-state index in [9.17, 15) is 0 Å². The molecule has 1 aliphatic carbocycles. The maximum Gasteiger partial charge on any atom is 0.137 e. The fourth-order valence-corrected chi connectivity index (χ4v) is 2.83. The predicted molar refractivity (Wildman–Crippen MR) is 70.2 cm³/mol. The Bertz CT molecular complexity index is 527. The lowest BCUT2D eigenvalue weighted by atomic mass is 9.95. The van der Waals surface area contributed by atoms with Crippen LogP contribution in [0.4, 0.5) is 0 Å². The summed E-state index contributed by atoms with van der Waals surface area (Å²) in [6.45, 7) is 0.747. The molecule has 90 valence electrons. The van der Waals surface area contributed by atoms with E-state index in [1.54, 1.807) is 0 Å². The molecular formula is C15H19NO. The molecule has 0 spiro atoms. The molecule has 2 heteroatoms. The second-order valence-electron chi connectivity index (χ2n) is 4.90. The molecule has 0 saturated heterocycles. The minimum Gasteiger partial charge on any atom is -0.460 e. The zero-order chi connectivity index (χ0) is 11.7. The van der Waals surface area contributed by atoms with Gasteiger partial charge in [-0.05, 0) is 44.2 Å². The Morgan fingerprint density at radius 1 is 1.18 bits per heavy atom. The van der Waals surface area contributed by atoms with Gasteiger partial charge in [-0.3, -0.25) is 0 Å². The van der Waals surface area contributed by atoms with Crippen LogP contribution in [0, 0.1) is 0 Å². The fraction of sp³-hybridized carbons (Fsp3) is 0.467. The van der Waals surface area contributed by atoms with Crippen LogP contribution in [0.1, 0.15) is 36.1 Å². The van der Waals surface area contributed by atoms with Gasteiger partial charge in [0.25, 0.3) is 0 Å². The Kier molecular flexibility index (Phi) is 2.89. The Morgan fingerprint density at radius 3 is 2.94 bits per heavy atom. The third-order valence-corrected chi connectivity index (χ3v) is 3.71. The van der Waals surface area contributed by atoms with Crippen LogP contribution in [0.2, 0.25) is 0 Å². The van der Waals surface area contributed by atoms with Crippen LogP contribution < -0.4 is 5.73 Å². The lowest BCUT2D eigenvalue weighted by Gasteiger charge is -2.08. The molecule has 1 aromatic carbocycles. The van der Waals surface area contributed by atoms with Crippen molar-refractivity contribution in [2.45, 2.75) is 38.5 Å². The van der Waals surface area contributed by atoms with E-state index >= 15 is 0 Å². The van der Waals surface area contributed by atoms with Crippen molar-refractivity contribution in [2.75, 3.05) is 6.54 Å². The molecular weight excluding hydrogens is 210 g/mol. The van der Waals surface area contributed by atoms with Crippen LogP contribution in [0.3, 0.4) is 0 Å². The molecule has 0 unspecified atom stereocenters. The standard InChI is InChI=1S/C15H19NO/c16-10-4-6-11-5-3-8-13-12-7-1-2-9-14(12)17-15(11)13/h3,5,8H,1-2,4,6-7,9-10,16H2. The van der Waals surface area contributed by atoms with Gasteiger partial charge in [0.2, 0.25) is 0 Å². The molecule has 2 aromatic rings. The highest BCUT2D eigenvalue weighted by Crippen LogP contribution is 2.33. The van der Waals surface area contributed by atoms with Crippen molar-refractivity contribution in [3.63, 3.8) is 0 Å². The zero-order valence-electron chi connectivity index (χ0n) is 10.2. The van der Waals surface area contributed by atoms with Crippen LogP contribution >= 0.6 is 0 Å². The second kappa shape index (κ2) is 4.53. The Labute approximate surface area is 102 Å². The Balaban J connectivity index is 2.09. The van der Waals surface area contributed by atoms with E-state index in [1.807, 2.05) is 0 Å². The number of hydrogen-bond acceptors (Lipinski definition) is 2. The van der Waals surface area contributed by atoms with Crippen molar-refractivity contribution in [2.24, 2.45) is 5.73 Å². The molecule has 1 aromatic heterocycles. The van der Waals surface area contributed by atoms with Crippen LogP contribution in [-0.4, -0.2) is 6.54 Å². The van der Waals surface area contributed by atoms with Gasteiger partial charge in [-0.1, -0.05) is 18.2 Å². The van der Waals surface area contributed by atoms with E-state index in [-0.39, 0.29) is 0 Å². The smallest absolute Gasteiger partial charge is 0.137 e. The van der Waals surface area contributed by atoms with E-state index in [2.05, 4.69) is 18.2 Å². The first-order valence-corrected chi connectivity index (χ1v) is 6.62. The van der Waals surface area contributed by atoms with Gasteiger partial charge in [0.05, 0.1) is 0 Å². The van der Waals surface area contributed by atoms with Crippen molar-refractivity contribution in [3.05, 3.63) is 35.1 Å². The largest absolute Gasteiger partial charge is 0.460 e. The summed E-state index contributed by atoms with van der Waals surface area (Å²) in [6.07, 6.45) is 6.92. The van der Waals surface area contributed by atoms with Gasteiger partial charge < -0.3 is 10.2 Å². The molecule has 3 rings (SSSR count). The maximum absolute atomic E-state index is 6.08. The highest BCUT2D eigenvalue weighted by molar-refractivity contribution is 5.85. The van der Waals surface area contributed by atoms with Crippen LogP contribution in [0.5, 0.6) is 0 Å². The Hall–Kier alpha value is -1.28. The average molecular weight is 229 g/mol. The summed E-state index contributed by atoms with van der Waals surface area (Å²) in [5, 5.41) is 1.34. The number of hydrogen-bond donors (Lipinski definition) is 1. The molecule has 0 amide bonds. The molecule has 0 saturated carbocycles. The maximum atomic E-state index is 6.08. The molecule has 0 aliphatic heterocycles. The highest BCUT2D eigenvalue weighted by atomic mass is 16.3. The quantitative estimate of drug-likeness (QED) is 0.877. The predicted octanol–water partition coefficient (Wildman–Crippen LogP) is 3.20. The van der Waals surface area contributed by atoms with Crippen molar-refractivity contribution >= 4 is 11.0 Å². The number of benzene rings is 1. The lowest BCUT2D eigenvalue weighted by Crippen LogP contribution is -2.00. The number of fused-ring (bicyclic) bond motifs is 3. The van der Waals surface area contributed by atoms with E-state index < -0.39 is 0 Å². The highest BCUT2D eigenvalue weighted by Gasteiger charge is 2.18. The molecule has 1 heterocycles. The first-order valence-electron chi connectivity index (χ1n) is 6.62. The van der Waals surface area contributed by atoms with Gasteiger partial charge in [-0.25, -0.2) is 0 Å². The Morgan fingerprint density at radius 2 is 2.06 bits per heavy atom. The second-order valence-corrected chi connectivity index (χ2v) is 4.90. The summed E-state index contributed by atoms with van der Waals surface area (Å²) in [7, 11) is 0. The van der Waals surface area contributed by atoms with E-state index in [0.717, 1.165) is 31.4 Å². The number of para-hydroxylation sites is 1. The third kappa shape index (κ3) is 1.87. The summed E-state index contributed by atoms with van der Waals surface area (Å²) in [6, 6.07) is 6.53. The molecule has 0 atom stereocenters. The monoisotopic (exact) mass is 229 g/mol. The number of nitrogens with two attached hydrogens (primary N) is 1. The third-order valence-electron chi connectivity index (χ3n) is 3.71. The normalized spacial score (nSPS) is 15.1. The summed E-state index contributed by atoms with van der Waals surface area (Å²) >= 11 is 0. The molecule has 1 aliphatic rings. The molecule has 2 N–H and O–H groups in total. The minimum absolute atomic E-state index is 0.747. The summed E-state index contributed by atoms with van der Waals surface area (Å²) in [5.74, 6) is 1.23. The van der Waals surface area contributed by atoms with E-state index in [4.69, 9.17) is 10.2 Å². The molecule has 17 heavy (non-hydrogen) atoms. The first-order chi connectivity index (χ1) is 8.40. The van der Waals surface area contributed by atoms with Gasteiger partial charge in [0.15, 0.2) is 0 Å². The van der Waals surface area contributed by atoms with E-state index in [0.29, 0.717) is 0 Å². The van der Waals surface area contributed by atoms with Crippen LogP contribution in [0.25, 0.3) is 11.0 Å². The van der Waals surface area contributed by atoms with Crippen molar-refractivity contribution < 1.29 is 4.42 Å². The van der Waals surface area contributed by atoms with Crippen LogP contribution in [0.15, 0.2) is 22.6 Å². The number of aryl methyl sites for hydroxylation is 3. The molecule has 0 bridgehead atoms. The number of furan rings is 1. The molecule has 0 fully saturated rings. The van der Waals surface area contributed by atoms with Crippen molar-refractivity contribution in [1.82, 2.24) is 0 Å². The molecule has 0 radical (unpaired) electrons. The van der Waals surface area contributed by atoms with Gasteiger partial charge in [-0.15, -0.1) is 0 Å². The minimum atomic E-state index is 0.747. The van der Waals surface area contributed by atoms with Crippen molar-refractivity contribution in [1.29, 1.82) is 0 Å². The summed E-state index contributed by atoms with van der Waals surface area (Å²) in [5.41, 5.74) is 9.49. The fourth-order valence-electron chi connectivity index (χ4n) is 2.83. The number of rotatable bonds is 3. The van der Waals surface area contributed by atoms with Gasteiger partial charge in [-0.2, -0.15) is 0 Å². The van der Waals surface area contributed by atoms with Gasteiger partial charge in [0.1, 0.15) is 11.3 Å². The lowest BCUT2D eigenvalue weighted by molar-refractivity contribution is 0.503. The summed E-state index contributed by atoms with van der Waals surface area (Å²) < 4.78 is 6.08. The topological polar surface area (TPSA) is 39.2 Å². The first kappa shape index (κ1) is 10.8. The SMILES string of the molecule is NCCCc1cccc2c3c(oc12)CCCC3. The average Bonchev–Trinajstić information content (AvgIpc) is 2.75. The van der Waals surface area contributed by atoms with Gasteiger partial charge in [0, 0.05) is 17.4 Å². The van der Waals surface area contributed by atoms with E-state index in [1.165, 1.54) is 41.5 Å². The zero-order valence-corrected chi connectivity index (χ0v) is 10.2. The summed E-state index contributed by atoms with van der Waals surface area (Å²) in [4.78, 5) is 0. The van der Waals surface area contributed by atoms with Gasteiger partial charge >= 0.3 is 0 Å². The van der Waals surface area contributed by atoms with Crippen molar-refractivity contribution in [3.8, 4) is 0 Å². The van der Waals surface area contributed by atoms with Crippen LogP contribution in [-0.2, 0) is 19.3 Å².